The summed E-state index contributed by atoms with van der Waals surface area (Å²) in [4.78, 5) is 33.7. The van der Waals surface area contributed by atoms with E-state index in [0.717, 1.165) is 4.90 Å². The van der Waals surface area contributed by atoms with Crippen molar-refractivity contribution in [3.63, 3.8) is 0 Å². The van der Waals surface area contributed by atoms with Gasteiger partial charge in [0.15, 0.2) is 0 Å². The maximum Gasteiger partial charge on any atom is 0.293 e. The molecular formula is C11H12N2O4. The number of nitro benzene ring substituents is 1. The highest BCUT2D eigenvalue weighted by molar-refractivity contribution is 6.14. The first-order valence-corrected chi connectivity index (χ1v) is 4.91. The molecule has 6 nitrogen and oxygen atoms in total. The third-order valence-electron chi connectivity index (χ3n) is 2.20. The summed E-state index contributed by atoms with van der Waals surface area (Å²) in [5, 5.41) is 10.9. The molecular weight excluding hydrogens is 224 g/mol. The Morgan fingerprint density at radius 1 is 1.24 bits per heavy atom. The summed E-state index contributed by atoms with van der Waals surface area (Å²) in [6.45, 7) is 4.07. The number of hydrogen-bond donors (Lipinski definition) is 0. The molecule has 0 unspecified atom stereocenters. The monoisotopic (exact) mass is 236 g/mol. The van der Waals surface area contributed by atoms with E-state index in [-0.39, 0.29) is 11.4 Å². The second-order valence-corrected chi connectivity index (χ2v) is 3.62. The average molecular weight is 236 g/mol. The quantitative estimate of drug-likeness (QED) is 0.579. The highest BCUT2D eigenvalue weighted by atomic mass is 16.6. The molecule has 0 bridgehead atoms. The first-order chi connectivity index (χ1) is 7.84. The van der Waals surface area contributed by atoms with Gasteiger partial charge in [0.1, 0.15) is 5.69 Å². The molecule has 0 saturated carbocycles. The van der Waals surface area contributed by atoms with Gasteiger partial charge in [-0.15, -0.1) is 0 Å². The molecule has 90 valence electrons. The van der Waals surface area contributed by atoms with Crippen LogP contribution in [0, 0.1) is 17.0 Å². The molecule has 1 aromatic carbocycles. The van der Waals surface area contributed by atoms with Gasteiger partial charge >= 0.3 is 0 Å². The first-order valence-electron chi connectivity index (χ1n) is 4.91. The molecule has 1 rings (SSSR count). The Morgan fingerprint density at radius 2 is 1.76 bits per heavy atom. The van der Waals surface area contributed by atoms with Gasteiger partial charge in [0, 0.05) is 19.9 Å². The Kier molecular flexibility index (Phi) is 3.57. The number of rotatable bonds is 2. The molecule has 1 aromatic rings. The third-order valence-corrected chi connectivity index (χ3v) is 2.20. The number of anilines is 1. The van der Waals surface area contributed by atoms with E-state index in [4.69, 9.17) is 0 Å². The molecule has 0 atom stereocenters. The molecule has 0 N–H and O–H groups in total. The number of imide groups is 1. The lowest BCUT2D eigenvalue weighted by molar-refractivity contribution is -0.384. The SMILES string of the molecule is CC(=O)N(C(C)=O)c1ccc(C)cc1[N+](=O)[O-]. The molecule has 0 aliphatic heterocycles. The Balaban J connectivity index is 3.43. The Hall–Kier alpha value is -2.24. The van der Waals surface area contributed by atoms with Crippen LogP contribution >= 0.6 is 0 Å². The largest absolute Gasteiger partial charge is 0.293 e. The molecule has 0 aliphatic rings. The van der Waals surface area contributed by atoms with Gasteiger partial charge in [-0.25, -0.2) is 4.90 Å². The Labute approximate surface area is 98.0 Å². The van der Waals surface area contributed by atoms with E-state index in [9.17, 15) is 19.7 Å². The van der Waals surface area contributed by atoms with Crippen molar-refractivity contribution >= 4 is 23.2 Å². The van der Waals surface area contributed by atoms with Crippen molar-refractivity contribution in [2.75, 3.05) is 4.90 Å². The summed E-state index contributed by atoms with van der Waals surface area (Å²) in [7, 11) is 0. The van der Waals surface area contributed by atoms with Crippen LogP contribution in [0.25, 0.3) is 0 Å². The summed E-state index contributed by atoms with van der Waals surface area (Å²) in [5.41, 5.74) is 0.434. The van der Waals surface area contributed by atoms with Crippen molar-refractivity contribution < 1.29 is 14.5 Å². The number of nitrogens with zero attached hydrogens (tertiary/aromatic N) is 2. The van der Waals surface area contributed by atoms with E-state index in [0.29, 0.717) is 5.56 Å². The van der Waals surface area contributed by atoms with Crippen molar-refractivity contribution in [2.24, 2.45) is 0 Å². The predicted molar refractivity (Wildman–Crippen MR) is 61.7 cm³/mol. The van der Waals surface area contributed by atoms with Crippen molar-refractivity contribution in [2.45, 2.75) is 20.8 Å². The summed E-state index contributed by atoms with van der Waals surface area (Å²) >= 11 is 0. The second-order valence-electron chi connectivity index (χ2n) is 3.62. The van der Waals surface area contributed by atoms with Gasteiger partial charge < -0.3 is 0 Å². The normalized spacial score (nSPS) is 9.82. The maximum atomic E-state index is 11.3. The van der Waals surface area contributed by atoms with Crippen LogP contribution in [0.3, 0.4) is 0 Å². The predicted octanol–water partition coefficient (Wildman–Crippen LogP) is 1.80. The summed E-state index contributed by atoms with van der Waals surface area (Å²) in [6.07, 6.45) is 0. The van der Waals surface area contributed by atoms with Crippen LogP contribution in [0.15, 0.2) is 18.2 Å². The summed E-state index contributed by atoms with van der Waals surface area (Å²) in [5.74, 6) is -1.10. The third kappa shape index (κ3) is 2.66. The fourth-order valence-electron chi connectivity index (χ4n) is 1.53. The molecule has 0 heterocycles. The minimum absolute atomic E-state index is 0.000556. The van der Waals surface area contributed by atoms with Crippen molar-refractivity contribution in [3.05, 3.63) is 33.9 Å². The van der Waals surface area contributed by atoms with E-state index < -0.39 is 16.7 Å². The zero-order valence-electron chi connectivity index (χ0n) is 9.76. The first kappa shape index (κ1) is 12.8. The van der Waals surface area contributed by atoms with Crippen LogP contribution < -0.4 is 4.90 Å². The van der Waals surface area contributed by atoms with Gasteiger partial charge in [0.2, 0.25) is 11.8 Å². The van der Waals surface area contributed by atoms with Gasteiger partial charge in [-0.3, -0.25) is 19.7 Å². The molecule has 17 heavy (non-hydrogen) atoms. The Morgan fingerprint density at radius 3 is 2.18 bits per heavy atom. The summed E-state index contributed by atoms with van der Waals surface area (Å²) < 4.78 is 0. The number of benzene rings is 1. The lowest BCUT2D eigenvalue weighted by atomic mass is 10.1. The molecule has 0 spiro atoms. The number of aryl methyl sites for hydroxylation is 1. The highest BCUT2D eigenvalue weighted by Crippen LogP contribution is 2.29. The van der Waals surface area contributed by atoms with E-state index in [1.165, 1.54) is 26.0 Å². The zero-order chi connectivity index (χ0) is 13.2. The molecule has 6 heteroatoms. The van der Waals surface area contributed by atoms with E-state index >= 15 is 0 Å². The number of amides is 2. The number of hydrogen-bond acceptors (Lipinski definition) is 4. The van der Waals surface area contributed by atoms with Crippen LogP contribution in [-0.4, -0.2) is 16.7 Å². The standard InChI is InChI=1S/C11H12N2O4/c1-7-4-5-10(11(6-7)13(16)17)12(8(2)14)9(3)15/h4-6H,1-3H3. The smallest absolute Gasteiger partial charge is 0.274 e. The average Bonchev–Trinajstić information content (AvgIpc) is 2.19. The van der Waals surface area contributed by atoms with Crippen molar-refractivity contribution in [1.29, 1.82) is 0 Å². The second kappa shape index (κ2) is 4.73. The summed E-state index contributed by atoms with van der Waals surface area (Å²) in [6, 6.07) is 4.34. The lowest BCUT2D eigenvalue weighted by Crippen LogP contribution is -2.33. The topological polar surface area (TPSA) is 80.5 Å². The highest BCUT2D eigenvalue weighted by Gasteiger charge is 2.25. The van der Waals surface area contributed by atoms with Crippen LogP contribution in [0.4, 0.5) is 11.4 Å². The van der Waals surface area contributed by atoms with Crippen molar-refractivity contribution in [3.8, 4) is 0 Å². The maximum absolute atomic E-state index is 11.3. The zero-order valence-corrected chi connectivity index (χ0v) is 9.76. The molecule has 0 aliphatic carbocycles. The van der Waals surface area contributed by atoms with Gasteiger partial charge in [0.25, 0.3) is 5.69 Å². The molecule has 2 amide bonds. The Bertz CT molecular complexity index is 482. The van der Waals surface area contributed by atoms with Crippen LogP contribution in [0.1, 0.15) is 19.4 Å². The van der Waals surface area contributed by atoms with Crippen LogP contribution in [0.2, 0.25) is 0 Å². The number of carbonyl (C=O) groups excluding carboxylic acids is 2. The van der Waals surface area contributed by atoms with Crippen molar-refractivity contribution in [1.82, 2.24) is 0 Å². The van der Waals surface area contributed by atoms with Crippen LogP contribution in [0.5, 0.6) is 0 Å². The van der Waals surface area contributed by atoms with E-state index in [1.807, 2.05) is 0 Å². The molecule has 0 radical (unpaired) electrons. The van der Waals surface area contributed by atoms with Gasteiger partial charge in [-0.1, -0.05) is 6.07 Å². The molecule has 0 saturated heterocycles. The van der Waals surface area contributed by atoms with E-state index in [2.05, 4.69) is 0 Å². The van der Waals surface area contributed by atoms with Gasteiger partial charge in [0.05, 0.1) is 4.92 Å². The molecule has 0 aromatic heterocycles. The minimum Gasteiger partial charge on any atom is -0.274 e. The lowest BCUT2D eigenvalue weighted by Gasteiger charge is -2.17. The van der Waals surface area contributed by atoms with Gasteiger partial charge in [-0.2, -0.15) is 0 Å². The van der Waals surface area contributed by atoms with Gasteiger partial charge in [-0.05, 0) is 18.6 Å². The van der Waals surface area contributed by atoms with E-state index in [1.54, 1.807) is 13.0 Å². The molecule has 0 fully saturated rings. The fourth-order valence-corrected chi connectivity index (χ4v) is 1.53. The number of carbonyl (C=O) groups is 2. The minimum atomic E-state index is -0.610. The van der Waals surface area contributed by atoms with Crippen LogP contribution in [-0.2, 0) is 9.59 Å². The number of nitro groups is 1. The fraction of sp³-hybridized carbons (Fsp3) is 0.273.